The van der Waals surface area contributed by atoms with Crippen molar-refractivity contribution in [2.75, 3.05) is 13.1 Å². The van der Waals surface area contributed by atoms with Crippen LogP contribution in [0.15, 0.2) is 6.20 Å². The van der Waals surface area contributed by atoms with E-state index in [0.29, 0.717) is 11.2 Å². The van der Waals surface area contributed by atoms with Gasteiger partial charge in [-0.25, -0.2) is 4.98 Å². The fourth-order valence-corrected chi connectivity index (χ4v) is 1.46. The fourth-order valence-electron chi connectivity index (χ4n) is 1.34. The van der Waals surface area contributed by atoms with Gasteiger partial charge in [-0.15, -0.1) is 12.4 Å². The van der Waals surface area contributed by atoms with E-state index in [9.17, 15) is 0 Å². The molecule has 0 unspecified atom stereocenters. The van der Waals surface area contributed by atoms with E-state index in [2.05, 4.69) is 15.3 Å². The summed E-state index contributed by atoms with van der Waals surface area (Å²) in [7, 11) is 0. The first-order valence-corrected chi connectivity index (χ1v) is 5.00. The van der Waals surface area contributed by atoms with Crippen molar-refractivity contribution < 1.29 is 4.74 Å². The largest absolute Gasteiger partial charge is 0.459 e. The lowest BCUT2D eigenvalue weighted by Gasteiger charge is -2.10. The molecule has 1 aromatic heterocycles. The third kappa shape index (κ3) is 3.19. The predicted molar refractivity (Wildman–Crippen MR) is 60.9 cm³/mol. The van der Waals surface area contributed by atoms with Crippen molar-refractivity contribution in [1.82, 2.24) is 15.3 Å². The Kier molecular flexibility index (Phi) is 4.57. The Hall–Kier alpha value is -0.580. The molecule has 1 atom stereocenters. The summed E-state index contributed by atoms with van der Waals surface area (Å²) in [5, 5.41) is 3.66. The molecule has 84 valence electrons. The van der Waals surface area contributed by atoms with Crippen LogP contribution in [0.4, 0.5) is 0 Å². The molecule has 0 radical (unpaired) electrons. The van der Waals surface area contributed by atoms with Gasteiger partial charge in [0, 0.05) is 18.3 Å². The van der Waals surface area contributed by atoms with E-state index in [1.165, 1.54) is 0 Å². The van der Waals surface area contributed by atoms with Gasteiger partial charge in [-0.05, 0) is 19.9 Å². The first-order valence-electron chi connectivity index (χ1n) is 4.62. The van der Waals surface area contributed by atoms with Gasteiger partial charge in [0.15, 0.2) is 0 Å². The molecule has 1 aliphatic rings. The molecule has 1 aromatic rings. The van der Waals surface area contributed by atoms with Gasteiger partial charge in [-0.2, -0.15) is 4.98 Å². The second-order valence-electron chi connectivity index (χ2n) is 3.36. The highest BCUT2D eigenvalue weighted by atomic mass is 35.5. The van der Waals surface area contributed by atoms with Crippen molar-refractivity contribution in [2.24, 2.45) is 0 Å². The van der Waals surface area contributed by atoms with Gasteiger partial charge in [0.2, 0.25) is 0 Å². The number of hydrogen-bond donors (Lipinski definition) is 1. The fraction of sp³-hybridized carbons (Fsp3) is 0.556. The van der Waals surface area contributed by atoms with Crippen LogP contribution >= 0.6 is 24.0 Å². The Morgan fingerprint density at radius 2 is 2.40 bits per heavy atom. The third-order valence-electron chi connectivity index (χ3n) is 2.18. The summed E-state index contributed by atoms with van der Waals surface area (Å²) in [6, 6.07) is 0.370. The highest BCUT2D eigenvalue weighted by Crippen LogP contribution is 2.15. The SMILES string of the molecule is Cc1cnc(O[C@H]2CCNC2)nc1Cl.Cl. The maximum atomic E-state index is 5.85. The minimum absolute atomic E-state index is 0. The predicted octanol–water partition coefficient (Wildman–Crippen LogP) is 1.60. The number of ether oxygens (including phenoxy) is 1. The van der Waals surface area contributed by atoms with Crippen molar-refractivity contribution >= 4 is 24.0 Å². The van der Waals surface area contributed by atoms with Crippen molar-refractivity contribution in [3.05, 3.63) is 16.9 Å². The van der Waals surface area contributed by atoms with Gasteiger partial charge in [0.05, 0.1) is 0 Å². The van der Waals surface area contributed by atoms with Crippen LogP contribution in [0, 0.1) is 6.92 Å². The Labute approximate surface area is 99.8 Å². The normalized spacial score (nSPS) is 19.7. The Bertz CT molecular complexity index is 329. The lowest BCUT2D eigenvalue weighted by atomic mass is 10.3. The molecule has 0 aliphatic carbocycles. The minimum Gasteiger partial charge on any atom is -0.459 e. The van der Waals surface area contributed by atoms with Gasteiger partial charge in [-0.3, -0.25) is 0 Å². The maximum absolute atomic E-state index is 5.85. The maximum Gasteiger partial charge on any atom is 0.318 e. The van der Waals surface area contributed by atoms with E-state index in [1.54, 1.807) is 6.20 Å². The Balaban J connectivity index is 0.00000112. The first-order chi connectivity index (χ1) is 6.75. The molecule has 15 heavy (non-hydrogen) atoms. The Morgan fingerprint density at radius 1 is 1.60 bits per heavy atom. The molecule has 1 N–H and O–H groups in total. The van der Waals surface area contributed by atoms with E-state index in [1.807, 2.05) is 6.92 Å². The van der Waals surface area contributed by atoms with E-state index >= 15 is 0 Å². The highest BCUT2D eigenvalue weighted by molar-refractivity contribution is 6.30. The van der Waals surface area contributed by atoms with Crippen molar-refractivity contribution in [2.45, 2.75) is 19.4 Å². The van der Waals surface area contributed by atoms with Gasteiger partial charge in [-0.1, -0.05) is 11.6 Å². The summed E-state index contributed by atoms with van der Waals surface area (Å²) in [6.07, 6.45) is 2.84. The highest BCUT2D eigenvalue weighted by Gasteiger charge is 2.17. The zero-order valence-electron chi connectivity index (χ0n) is 8.36. The van der Waals surface area contributed by atoms with Crippen LogP contribution < -0.4 is 10.1 Å². The van der Waals surface area contributed by atoms with Crippen LogP contribution in [-0.2, 0) is 0 Å². The summed E-state index contributed by atoms with van der Waals surface area (Å²) in [5.74, 6) is 0. The molecule has 0 saturated carbocycles. The molecule has 0 spiro atoms. The average molecular weight is 250 g/mol. The van der Waals surface area contributed by atoms with E-state index in [0.717, 1.165) is 25.1 Å². The van der Waals surface area contributed by atoms with Gasteiger partial charge < -0.3 is 10.1 Å². The van der Waals surface area contributed by atoms with Gasteiger partial charge in [0.1, 0.15) is 11.3 Å². The number of aryl methyl sites for hydroxylation is 1. The molecule has 2 heterocycles. The summed E-state index contributed by atoms with van der Waals surface area (Å²) in [6.45, 7) is 3.71. The second kappa shape index (κ2) is 5.49. The van der Waals surface area contributed by atoms with E-state index < -0.39 is 0 Å². The molecule has 4 nitrogen and oxygen atoms in total. The van der Waals surface area contributed by atoms with Crippen LogP contribution in [0.1, 0.15) is 12.0 Å². The number of nitrogens with one attached hydrogen (secondary N) is 1. The van der Waals surface area contributed by atoms with Crippen LogP contribution in [0.5, 0.6) is 6.01 Å². The molecule has 0 amide bonds. The zero-order chi connectivity index (χ0) is 9.97. The minimum atomic E-state index is 0. The molecule has 1 aliphatic heterocycles. The average Bonchev–Trinajstić information content (AvgIpc) is 2.64. The van der Waals surface area contributed by atoms with Crippen molar-refractivity contribution in [1.29, 1.82) is 0 Å². The third-order valence-corrected chi connectivity index (χ3v) is 2.56. The van der Waals surface area contributed by atoms with Crippen LogP contribution in [0.3, 0.4) is 0 Å². The molecule has 1 saturated heterocycles. The summed E-state index contributed by atoms with van der Waals surface area (Å²) < 4.78 is 5.54. The number of rotatable bonds is 2. The van der Waals surface area contributed by atoms with Crippen molar-refractivity contribution in [3.63, 3.8) is 0 Å². The monoisotopic (exact) mass is 249 g/mol. The number of aromatic nitrogens is 2. The molecule has 1 fully saturated rings. The van der Waals surface area contributed by atoms with E-state index in [-0.39, 0.29) is 18.5 Å². The van der Waals surface area contributed by atoms with Gasteiger partial charge >= 0.3 is 6.01 Å². The van der Waals surface area contributed by atoms with Gasteiger partial charge in [0.25, 0.3) is 0 Å². The topological polar surface area (TPSA) is 47.0 Å². The molecule has 0 bridgehead atoms. The summed E-state index contributed by atoms with van der Waals surface area (Å²) >= 11 is 5.85. The summed E-state index contributed by atoms with van der Waals surface area (Å²) in [4.78, 5) is 8.10. The lowest BCUT2D eigenvalue weighted by Crippen LogP contribution is -2.20. The number of hydrogen-bond acceptors (Lipinski definition) is 4. The van der Waals surface area contributed by atoms with Crippen LogP contribution in [-0.4, -0.2) is 29.2 Å². The molecular weight excluding hydrogens is 237 g/mol. The first kappa shape index (κ1) is 12.5. The Morgan fingerprint density at radius 3 is 3.00 bits per heavy atom. The number of nitrogens with zero attached hydrogens (tertiary/aromatic N) is 2. The quantitative estimate of drug-likeness (QED) is 0.810. The zero-order valence-corrected chi connectivity index (χ0v) is 9.94. The standard InChI is InChI=1S/C9H12ClN3O.ClH/c1-6-4-12-9(13-8(6)10)14-7-2-3-11-5-7;/h4,7,11H,2-3,5H2,1H3;1H/t7-;/m0./s1. The second-order valence-corrected chi connectivity index (χ2v) is 3.72. The lowest BCUT2D eigenvalue weighted by molar-refractivity contribution is 0.204. The molecule has 2 rings (SSSR count). The smallest absolute Gasteiger partial charge is 0.318 e. The number of halogens is 2. The molecule has 0 aromatic carbocycles. The molecular formula is C9H13Cl2N3O. The van der Waals surface area contributed by atoms with Crippen LogP contribution in [0.25, 0.3) is 0 Å². The molecule has 6 heteroatoms. The summed E-state index contributed by atoms with van der Waals surface area (Å²) in [5.41, 5.74) is 0.864. The van der Waals surface area contributed by atoms with Crippen molar-refractivity contribution in [3.8, 4) is 6.01 Å². The van der Waals surface area contributed by atoms with Crippen LogP contribution in [0.2, 0.25) is 5.15 Å². The van der Waals surface area contributed by atoms with E-state index in [4.69, 9.17) is 16.3 Å².